The second kappa shape index (κ2) is 7.53. The van der Waals surface area contributed by atoms with Crippen molar-refractivity contribution in [3.05, 3.63) is 90.0 Å². The Morgan fingerprint density at radius 3 is 1.80 bits per heavy atom. The summed E-state index contributed by atoms with van der Waals surface area (Å²) >= 11 is 0. The SMILES string of the molecule is CCS(=O)(=O)c1ccc(Oc2ccc(Cc3ccccc3)cc2)cc1. The zero-order valence-electron chi connectivity index (χ0n) is 14.1. The Morgan fingerprint density at radius 1 is 0.720 bits per heavy atom. The highest BCUT2D eigenvalue weighted by Crippen LogP contribution is 2.24. The van der Waals surface area contributed by atoms with Gasteiger partial charge in [-0.25, -0.2) is 8.42 Å². The molecule has 0 saturated carbocycles. The highest BCUT2D eigenvalue weighted by atomic mass is 32.2. The summed E-state index contributed by atoms with van der Waals surface area (Å²) in [5, 5.41) is 0. The molecule has 0 radical (unpaired) electrons. The minimum Gasteiger partial charge on any atom is -0.457 e. The molecule has 128 valence electrons. The number of rotatable bonds is 6. The minimum atomic E-state index is -3.18. The Kier molecular flexibility index (Phi) is 5.19. The van der Waals surface area contributed by atoms with Gasteiger partial charge in [0.2, 0.25) is 0 Å². The van der Waals surface area contributed by atoms with Gasteiger partial charge in [-0.1, -0.05) is 49.4 Å². The van der Waals surface area contributed by atoms with E-state index in [1.165, 1.54) is 11.1 Å². The van der Waals surface area contributed by atoms with E-state index in [2.05, 4.69) is 12.1 Å². The van der Waals surface area contributed by atoms with Gasteiger partial charge in [-0.15, -0.1) is 0 Å². The van der Waals surface area contributed by atoms with Crippen molar-refractivity contribution in [2.75, 3.05) is 5.75 Å². The van der Waals surface area contributed by atoms with Crippen molar-refractivity contribution in [2.24, 2.45) is 0 Å². The molecule has 0 aliphatic rings. The van der Waals surface area contributed by atoms with E-state index in [0.29, 0.717) is 10.6 Å². The molecular formula is C21H20O3S. The van der Waals surface area contributed by atoms with Gasteiger partial charge in [-0.2, -0.15) is 0 Å². The molecule has 0 bridgehead atoms. The summed E-state index contributed by atoms with van der Waals surface area (Å²) in [4.78, 5) is 0.320. The predicted molar refractivity (Wildman–Crippen MR) is 99.9 cm³/mol. The third-order valence-corrected chi connectivity index (χ3v) is 5.72. The molecule has 0 atom stereocenters. The summed E-state index contributed by atoms with van der Waals surface area (Å²) in [7, 11) is -3.18. The van der Waals surface area contributed by atoms with Crippen LogP contribution in [0.1, 0.15) is 18.1 Å². The average molecular weight is 352 g/mol. The van der Waals surface area contributed by atoms with Gasteiger partial charge >= 0.3 is 0 Å². The third kappa shape index (κ3) is 4.48. The molecule has 0 unspecified atom stereocenters. The summed E-state index contributed by atoms with van der Waals surface area (Å²) in [6.45, 7) is 1.64. The van der Waals surface area contributed by atoms with Crippen LogP contribution in [0.4, 0.5) is 0 Å². The van der Waals surface area contributed by atoms with Crippen LogP contribution in [0.25, 0.3) is 0 Å². The normalized spacial score (nSPS) is 11.2. The van der Waals surface area contributed by atoms with Crippen LogP contribution in [-0.2, 0) is 16.3 Å². The molecule has 0 saturated heterocycles. The number of hydrogen-bond donors (Lipinski definition) is 0. The summed E-state index contributed by atoms with van der Waals surface area (Å²) in [5.74, 6) is 1.43. The van der Waals surface area contributed by atoms with Crippen molar-refractivity contribution < 1.29 is 13.2 Å². The number of hydrogen-bond acceptors (Lipinski definition) is 3. The van der Waals surface area contributed by atoms with E-state index < -0.39 is 9.84 Å². The average Bonchev–Trinajstić information content (AvgIpc) is 2.65. The van der Waals surface area contributed by atoms with E-state index >= 15 is 0 Å². The first-order chi connectivity index (χ1) is 12.1. The van der Waals surface area contributed by atoms with Gasteiger partial charge in [0.1, 0.15) is 11.5 Å². The maximum absolute atomic E-state index is 11.8. The van der Waals surface area contributed by atoms with Gasteiger partial charge in [-0.05, 0) is 53.9 Å². The van der Waals surface area contributed by atoms with E-state index in [-0.39, 0.29) is 5.75 Å². The minimum absolute atomic E-state index is 0.0933. The van der Waals surface area contributed by atoms with Crippen molar-refractivity contribution in [3.8, 4) is 11.5 Å². The summed E-state index contributed by atoms with van der Waals surface area (Å²) in [6.07, 6.45) is 0.880. The van der Waals surface area contributed by atoms with E-state index in [1.54, 1.807) is 31.2 Å². The van der Waals surface area contributed by atoms with Crippen LogP contribution in [0, 0.1) is 0 Å². The fourth-order valence-electron chi connectivity index (χ4n) is 2.52. The Balaban J connectivity index is 1.67. The monoisotopic (exact) mass is 352 g/mol. The zero-order chi connectivity index (χ0) is 17.7. The predicted octanol–water partition coefficient (Wildman–Crippen LogP) is 4.86. The van der Waals surface area contributed by atoms with Crippen LogP contribution in [0.5, 0.6) is 11.5 Å². The second-order valence-corrected chi connectivity index (χ2v) is 8.06. The van der Waals surface area contributed by atoms with E-state index in [0.717, 1.165) is 12.2 Å². The summed E-state index contributed by atoms with van der Waals surface area (Å²) in [6, 6.07) is 24.8. The quantitative estimate of drug-likeness (QED) is 0.636. The molecule has 0 fully saturated rings. The molecule has 0 aliphatic heterocycles. The lowest BCUT2D eigenvalue weighted by Crippen LogP contribution is -2.03. The van der Waals surface area contributed by atoms with Gasteiger partial charge in [0.25, 0.3) is 0 Å². The van der Waals surface area contributed by atoms with E-state index in [1.807, 2.05) is 42.5 Å². The first kappa shape index (κ1) is 17.2. The van der Waals surface area contributed by atoms with Gasteiger partial charge in [0.05, 0.1) is 10.6 Å². The molecule has 3 aromatic carbocycles. The first-order valence-electron chi connectivity index (χ1n) is 8.20. The van der Waals surface area contributed by atoms with Crippen LogP contribution in [-0.4, -0.2) is 14.2 Å². The number of ether oxygens (including phenoxy) is 1. The lowest BCUT2D eigenvalue weighted by molar-refractivity contribution is 0.482. The lowest BCUT2D eigenvalue weighted by atomic mass is 10.1. The number of benzene rings is 3. The zero-order valence-corrected chi connectivity index (χ0v) is 14.9. The molecule has 3 aromatic rings. The highest BCUT2D eigenvalue weighted by molar-refractivity contribution is 7.91. The Morgan fingerprint density at radius 2 is 1.24 bits per heavy atom. The Hall–Kier alpha value is -2.59. The van der Waals surface area contributed by atoms with Gasteiger partial charge in [0.15, 0.2) is 9.84 Å². The van der Waals surface area contributed by atoms with Gasteiger partial charge < -0.3 is 4.74 Å². The lowest BCUT2D eigenvalue weighted by Gasteiger charge is -2.08. The van der Waals surface area contributed by atoms with Gasteiger partial charge in [0, 0.05) is 0 Å². The van der Waals surface area contributed by atoms with Crippen LogP contribution < -0.4 is 4.74 Å². The van der Waals surface area contributed by atoms with Crippen molar-refractivity contribution in [1.82, 2.24) is 0 Å². The summed E-state index contributed by atoms with van der Waals surface area (Å²) in [5.41, 5.74) is 2.48. The standard InChI is InChI=1S/C21H20O3S/c1-2-25(22,23)21-14-12-20(13-15-21)24-19-10-8-18(9-11-19)16-17-6-4-3-5-7-17/h3-15H,2,16H2,1H3. The van der Waals surface area contributed by atoms with Crippen molar-refractivity contribution in [2.45, 2.75) is 18.2 Å². The Labute approximate surface area is 148 Å². The Bertz CT molecular complexity index is 913. The van der Waals surface area contributed by atoms with Crippen LogP contribution in [0.15, 0.2) is 83.8 Å². The van der Waals surface area contributed by atoms with Crippen LogP contribution in [0.2, 0.25) is 0 Å². The highest BCUT2D eigenvalue weighted by Gasteiger charge is 2.11. The molecule has 0 aliphatic carbocycles. The fourth-order valence-corrected chi connectivity index (χ4v) is 3.41. The van der Waals surface area contributed by atoms with Crippen molar-refractivity contribution in [3.63, 3.8) is 0 Å². The molecule has 3 rings (SSSR count). The molecule has 0 amide bonds. The first-order valence-corrected chi connectivity index (χ1v) is 9.85. The van der Waals surface area contributed by atoms with Crippen LogP contribution in [0.3, 0.4) is 0 Å². The fraction of sp³-hybridized carbons (Fsp3) is 0.143. The van der Waals surface area contributed by atoms with Crippen molar-refractivity contribution in [1.29, 1.82) is 0 Å². The largest absolute Gasteiger partial charge is 0.457 e. The van der Waals surface area contributed by atoms with Crippen LogP contribution >= 0.6 is 0 Å². The topological polar surface area (TPSA) is 43.4 Å². The second-order valence-electron chi connectivity index (χ2n) is 5.78. The summed E-state index contributed by atoms with van der Waals surface area (Å²) < 4.78 is 29.4. The molecule has 0 N–H and O–H groups in total. The molecule has 3 nitrogen and oxygen atoms in total. The third-order valence-electron chi connectivity index (χ3n) is 3.97. The smallest absolute Gasteiger partial charge is 0.178 e. The maximum Gasteiger partial charge on any atom is 0.178 e. The molecule has 4 heteroatoms. The molecule has 0 aromatic heterocycles. The van der Waals surface area contributed by atoms with E-state index in [4.69, 9.17) is 4.74 Å². The van der Waals surface area contributed by atoms with Crippen molar-refractivity contribution >= 4 is 9.84 Å². The maximum atomic E-state index is 11.8. The molecule has 0 heterocycles. The molecule has 25 heavy (non-hydrogen) atoms. The molecular weight excluding hydrogens is 332 g/mol. The number of sulfone groups is 1. The van der Waals surface area contributed by atoms with Gasteiger partial charge in [-0.3, -0.25) is 0 Å². The van der Waals surface area contributed by atoms with E-state index in [9.17, 15) is 8.42 Å². The molecule has 0 spiro atoms.